The summed E-state index contributed by atoms with van der Waals surface area (Å²) in [6.07, 6.45) is 2.05. The summed E-state index contributed by atoms with van der Waals surface area (Å²) in [5.41, 5.74) is 1.06. The highest BCUT2D eigenvalue weighted by Crippen LogP contribution is 2.34. The summed E-state index contributed by atoms with van der Waals surface area (Å²) in [6, 6.07) is 8.85. The molecule has 0 aliphatic carbocycles. The number of likely N-dealkylation sites (tertiary alicyclic amines) is 1. The molecule has 1 aliphatic rings. The number of amides is 1. The number of methoxy groups -OCH3 is 1. The molecule has 5 nitrogen and oxygen atoms in total. The van der Waals surface area contributed by atoms with Crippen molar-refractivity contribution in [2.24, 2.45) is 0 Å². The number of hydrogen-bond acceptors (Lipinski definition) is 5. The molecule has 0 N–H and O–H groups in total. The fourth-order valence-electron chi connectivity index (χ4n) is 3.33. The highest BCUT2D eigenvalue weighted by molar-refractivity contribution is 7.13. The highest BCUT2D eigenvalue weighted by atomic mass is 32.1. The van der Waals surface area contributed by atoms with Gasteiger partial charge in [-0.25, -0.2) is 13.8 Å². The first-order chi connectivity index (χ1) is 14.6. The van der Waals surface area contributed by atoms with Crippen LogP contribution in [0.25, 0.3) is 10.6 Å². The summed E-state index contributed by atoms with van der Waals surface area (Å²) >= 11 is 1.37. The minimum Gasteiger partial charge on any atom is -0.493 e. The first kappa shape index (κ1) is 20.3. The molecule has 2 heterocycles. The molecule has 8 heteroatoms. The highest BCUT2D eigenvalue weighted by Gasteiger charge is 2.22. The van der Waals surface area contributed by atoms with E-state index in [9.17, 15) is 13.6 Å². The van der Waals surface area contributed by atoms with Gasteiger partial charge in [-0.3, -0.25) is 4.79 Å². The van der Waals surface area contributed by atoms with E-state index in [1.807, 2.05) is 4.90 Å². The van der Waals surface area contributed by atoms with Gasteiger partial charge in [0, 0.05) is 24.0 Å². The fraction of sp³-hybridized carbons (Fsp3) is 0.273. The van der Waals surface area contributed by atoms with Crippen molar-refractivity contribution in [1.29, 1.82) is 0 Å². The van der Waals surface area contributed by atoms with Crippen LogP contribution in [-0.2, 0) is 6.61 Å². The molecule has 0 spiro atoms. The van der Waals surface area contributed by atoms with Gasteiger partial charge in [-0.1, -0.05) is 6.07 Å². The quantitative estimate of drug-likeness (QED) is 0.558. The standard InChI is InChI=1S/C22H20F2N2O3S/c1-28-20-11-14(21-25-18(13-30-21)22(27)26-9-2-3-10-26)7-8-19(20)29-12-15-16(23)5-4-6-17(15)24/h4-8,11,13H,2-3,9-10,12H2,1H3. The molecule has 1 aromatic heterocycles. The number of rotatable bonds is 6. The Morgan fingerprint density at radius 1 is 1.13 bits per heavy atom. The molecule has 1 aliphatic heterocycles. The lowest BCUT2D eigenvalue weighted by molar-refractivity contribution is 0.0788. The number of halogens is 2. The van der Waals surface area contributed by atoms with Crippen molar-refractivity contribution in [3.8, 4) is 22.1 Å². The van der Waals surface area contributed by atoms with Crippen molar-refractivity contribution in [2.75, 3.05) is 20.2 Å². The molecule has 30 heavy (non-hydrogen) atoms. The smallest absolute Gasteiger partial charge is 0.273 e. The van der Waals surface area contributed by atoms with E-state index in [1.165, 1.54) is 36.6 Å². The van der Waals surface area contributed by atoms with Gasteiger partial charge in [0.25, 0.3) is 5.91 Å². The monoisotopic (exact) mass is 430 g/mol. The normalized spacial score (nSPS) is 13.5. The van der Waals surface area contributed by atoms with Crippen LogP contribution in [0.5, 0.6) is 11.5 Å². The Hall–Kier alpha value is -3.00. The summed E-state index contributed by atoms with van der Waals surface area (Å²) in [5.74, 6) is -0.610. The SMILES string of the molecule is COc1cc(-c2nc(C(=O)N3CCCC3)cs2)ccc1OCc1c(F)cccc1F. The van der Waals surface area contributed by atoms with Gasteiger partial charge in [-0.2, -0.15) is 0 Å². The maximum Gasteiger partial charge on any atom is 0.273 e. The van der Waals surface area contributed by atoms with Crippen LogP contribution < -0.4 is 9.47 Å². The van der Waals surface area contributed by atoms with E-state index in [2.05, 4.69) is 4.98 Å². The number of nitrogens with zero attached hydrogens (tertiary/aromatic N) is 2. The maximum atomic E-state index is 13.8. The molecule has 1 amide bonds. The maximum absolute atomic E-state index is 13.8. The fourth-order valence-corrected chi connectivity index (χ4v) is 4.12. The molecule has 1 fully saturated rings. The molecule has 0 saturated carbocycles. The molecule has 0 unspecified atom stereocenters. The van der Waals surface area contributed by atoms with E-state index in [4.69, 9.17) is 9.47 Å². The van der Waals surface area contributed by atoms with Crippen LogP contribution in [0.4, 0.5) is 8.78 Å². The van der Waals surface area contributed by atoms with E-state index in [-0.39, 0.29) is 18.1 Å². The first-order valence-corrected chi connectivity index (χ1v) is 10.4. The van der Waals surface area contributed by atoms with Gasteiger partial charge in [-0.15, -0.1) is 11.3 Å². The molecule has 0 radical (unpaired) electrons. The van der Waals surface area contributed by atoms with Gasteiger partial charge in [0.05, 0.1) is 12.7 Å². The zero-order valence-electron chi connectivity index (χ0n) is 16.4. The van der Waals surface area contributed by atoms with Gasteiger partial charge in [0.15, 0.2) is 11.5 Å². The van der Waals surface area contributed by atoms with Crippen molar-refractivity contribution in [1.82, 2.24) is 9.88 Å². The van der Waals surface area contributed by atoms with Gasteiger partial charge in [-0.05, 0) is 43.2 Å². The summed E-state index contributed by atoms with van der Waals surface area (Å²) in [7, 11) is 1.49. The first-order valence-electron chi connectivity index (χ1n) is 9.55. The van der Waals surface area contributed by atoms with E-state index in [0.717, 1.165) is 31.5 Å². The number of aromatic nitrogens is 1. The van der Waals surface area contributed by atoms with Crippen LogP contribution in [0.1, 0.15) is 28.9 Å². The molecule has 156 valence electrons. The second-order valence-electron chi connectivity index (χ2n) is 6.89. The summed E-state index contributed by atoms with van der Waals surface area (Å²) in [5, 5.41) is 2.44. The van der Waals surface area contributed by atoms with Gasteiger partial charge < -0.3 is 14.4 Å². The van der Waals surface area contributed by atoms with Crippen LogP contribution in [-0.4, -0.2) is 36.0 Å². The van der Waals surface area contributed by atoms with Crippen LogP contribution >= 0.6 is 11.3 Å². The Kier molecular flexibility index (Phi) is 5.94. The van der Waals surface area contributed by atoms with E-state index < -0.39 is 11.6 Å². The van der Waals surface area contributed by atoms with Crippen LogP contribution in [0.15, 0.2) is 41.8 Å². The molecular formula is C22H20F2N2O3S. The predicted molar refractivity (Wildman–Crippen MR) is 110 cm³/mol. The molecule has 0 atom stereocenters. The van der Waals surface area contributed by atoms with Crippen molar-refractivity contribution < 1.29 is 23.0 Å². The lowest BCUT2D eigenvalue weighted by Gasteiger charge is -2.13. The number of carbonyl (C=O) groups excluding carboxylic acids is 1. The molecule has 0 bridgehead atoms. The van der Waals surface area contributed by atoms with Crippen LogP contribution in [0.3, 0.4) is 0 Å². The van der Waals surface area contributed by atoms with E-state index in [1.54, 1.807) is 23.6 Å². The van der Waals surface area contributed by atoms with Crippen molar-refractivity contribution in [2.45, 2.75) is 19.4 Å². The lowest BCUT2D eigenvalue weighted by atomic mass is 10.2. The van der Waals surface area contributed by atoms with E-state index in [0.29, 0.717) is 22.2 Å². The van der Waals surface area contributed by atoms with Gasteiger partial charge in [0.2, 0.25) is 0 Å². The van der Waals surface area contributed by atoms with Crippen molar-refractivity contribution in [3.05, 3.63) is 64.7 Å². The summed E-state index contributed by atoms with van der Waals surface area (Å²) in [4.78, 5) is 18.8. The Bertz CT molecular complexity index is 1040. The van der Waals surface area contributed by atoms with Gasteiger partial charge >= 0.3 is 0 Å². The minimum atomic E-state index is -0.663. The third-order valence-electron chi connectivity index (χ3n) is 4.96. The second kappa shape index (κ2) is 8.79. The number of thiazole rings is 1. The zero-order valence-corrected chi connectivity index (χ0v) is 17.2. The summed E-state index contributed by atoms with van der Waals surface area (Å²) < 4.78 is 38.6. The number of ether oxygens (including phenoxy) is 2. The van der Waals surface area contributed by atoms with Crippen molar-refractivity contribution in [3.63, 3.8) is 0 Å². The Morgan fingerprint density at radius 2 is 1.87 bits per heavy atom. The molecule has 4 rings (SSSR count). The third-order valence-corrected chi connectivity index (χ3v) is 5.85. The van der Waals surface area contributed by atoms with Crippen LogP contribution in [0, 0.1) is 11.6 Å². The number of hydrogen-bond donors (Lipinski definition) is 0. The van der Waals surface area contributed by atoms with E-state index >= 15 is 0 Å². The average molecular weight is 430 g/mol. The minimum absolute atomic E-state index is 0.0474. The van der Waals surface area contributed by atoms with Gasteiger partial charge in [0.1, 0.15) is 28.9 Å². The topological polar surface area (TPSA) is 51.7 Å². The summed E-state index contributed by atoms with van der Waals surface area (Å²) in [6.45, 7) is 1.28. The Labute approximate surface area is 176 Å². The molecule has 2 aromatic carbocycles. The largest absolute Gasteiger partial charge is 0.493 e. The average Bonchev–Trinajstić information content (AvgIpc) is 3.45. The molecular weight excluding hydrogens is 410 g/mol. The Balaban J connectivity index is 1.52. The molecule has 1 saturated heterocycles. The Morgan fingerprint density at radius 3 is 2.57 bits per heavy atom. The number of carbonyl (C=O) groups is 1. The third kappa shape index (κ3) is 4.14. The lowest BCUT2D eigenvalue weighted by Crippen LogP contribution is -2.27. The van der Waals surface area contributed by atoms with Crippen molar-refractivity contribution >= 4 is 17.2 Å². The second-order valence-corrected chi connectivity index (χ2v) is 7.75. The predicted octanol–water partition coefficient (Wildman–Crippen LogP) is 4.91. The zero-order chi connectivity index (χ0) is 21.1. The molecule has 3 aromatic rings. The van der Waals surface area contributed by atoms with Crippen LogP contribution in [0.2, 0.25) is 0 Å². The number of benzene rings is 2.